The number of aromatic nitrogens is 2. The standard InChI is InChI=1S/C24H24ClFN4O2/c1-16-4-9-20(13-21(16)25)30-23(31)11-10-22(28-30)29-12-2-3-18(15-29)24(32)27-14-17-5-7-19(26)8-6-17/h4-11,13,18H,2-3,12,14-15H2,1H3,(H,27,32)/t18-/m0/s1. The first kappa shape index (κ1) is 22.0. The van der Waals surface area contributed by atoms with E-state index in [4.69, 9.17) is 11.6 Å². The van der Waals surface area contributed by atoms with Gasteiger partial charge in [-0.2, -0.15) is 4.68 Å². The lowest BCUT2D eigenvalue weighted by atomic mass is 9.97. The summed E-state index contributed by atoms with van der Waals surface area (Å²) < 4.78 is 14.4. The van der Waals surface area contributed by atoms with Crippen LogP contribution in [0.4, 0.5) is 10.2 Å². The molecule has 6 nitrogen and oxygen atoms in total. The second-order valence-electron chi connectivity index (χ2n) is 8.00. The molecule has 1 aliphatic rings. The zero-order chi connectivity index (χ0) is 22.7. The van der Waals surface area contributed by atoms with E-state index in [0.717, 1.165) is 30.5 Å². The second-order valence-corrected chi connectivity index (χ2v) is 8.41. The summed E-state index contributed by atoms with van der Waals surface area (Å²) in [6.07, 6.45) is 1.62. The van der Waals surface area contributed by atoms with Gasteiger partial charge in [0.05, 0.1) is 11.6 Å². The van der Waals surface area contributed by atoms with Gasteiger partial charge in [-0.15, -0.1) is 5.10 Å². The summed E-state index contributed by atoms with van der Waals surface area (Å²) in [6, 6.07) is 14.6. The number of nitrogens with zero attached hydrogens (tertiary/aromatic N) is 3. The molecule has 1 amide bonds. The highest BCUT2D eigenvalue weighted by molar-refractivity contribution is 6.31. The molecule has 32 heavy (non-hydrogen) atoms. The molecule has 1 aromatic heterocycles. The molecular weight excluding hydrogens is 431 g/mol. The Morgan fingerprint density at radius 3 is 2.72 bits per heavy atom. The van der Waals surface area contributed by atoms with Crippen LogP contribution in [0, 0.1) is 18.7 Å². The third kappa shape index (κ3) is 4.99. The number of aryl methyl sites for hydroxylation is 1. The molecule has 0 spiro atoms. The summed E-state index contributed by atoms with van der Waals surface area (Å²) in [7, 11) is 0. The lowest BCUT2D eigenvalue weighted by Gasteiger charge is -2.33. The molecule has 1 N–H and O–H groups in total. The van der Waals surface area contributed by atoms with Crippen molar-refractivity contribution in [3.05, 3.63) is 86.9 Å². The Labute approximate surface area is 190 Å². The van der Waals surface area contributed by atoms with Crippen LogP contribution in [0.3, 0.4) is 0 Å². The number of amides is 1. The van der Waals surface area contributed by atoms with Crippen molar-refractivity contribution in [2.45, 2.75) is 26.3 Å². The van der Waals surface area contributed by atoms with Crippen LogP contribution in [0.1, 0.15) is 24.0 Å². The fourth-order valence-electron chi connectivity index (χ4n) is 3.80. The Morgan fingerprint density at radius 1 is 1.19 bits per heavy atom. The van der Waals surface area contributed by atoms with Crippen molar-refractivity contribution in [2.24, 2.45) is 5.92 Å². The van der Waals surface area contributed by atoms with Crippen LogP contribution in [-0.4, -0.2) is 28.8 Å². The molecule has 1 saturated heterocycles. The van der Waals surface area contributed by atoms with Crippen LogP contribution in [0.2, 0.25) is 5.02 Å². The maximum Gasteiger partial charge on any atom is 0.271 e. The Morgan fingerprint density at radius 2 is 1.97 bits per heavy atom. The quantitative estimate of drug-likeness (QED) is 0.635. The summed E-state index contributed by atoms with van der Waals surface area (Å²) in [5.74, 6) is 0.0972. The van der Waals surface area contributed by atoms with E-state index in [9.17, 15) is 14.0 Å². The molecule has 8 heteroatoms. The molecule has 166 valence electrons. The number of carbonyl (C=O) groups excluding carboxylic acids is 1. The third-order valence-electron chi connectivity index (χ3n) is 5.68. The molecule has 1 fully saturated rings. The SMILES string of the molecule is Cc1ccc(-n2nc(N3CCC[C@H](C(=O)NCc4ccc(F)cc4)C3)ccc2=O)cc1Cl. The number of benzene rings is 2. The maximum atomic E-state index is 13.1. The van der Waals surface area contributed by atoms with E-state index in [1.165, 1.54) is 22.9 Å². The number of hydrogen-bond acceptors (Lipinski definition) is 4. The molecule has 0 aliphatic carbocycles. The molecule has 0 radical (unpaired) electrons. The smallest absolute Gasteiger partial charge is 0.271 e. The summed E-state index contributed by atoms with van der Waals surface area (Å²) in [4.78, 5) is 27.2. The molecule has 1 atom stereocenters. The molecule has 3 aromatic rings. The van der Waals surface area contributed by atoms with E-state index in [1.807, 2.05) is 17.9 Å². The van der Waals surface area contributed by atoms with Gasteiger partial charge in [-0.1, -0.05) is 29.8 Å². The summed E-state index contributed by atoms with van der Waals surface area (Å²) in [5.41, 5.74) is 2.11. The van der Waals surface area contributed by atoms with Crippen molar-refractivity contribution in [2.75, 3.05) is 18.0 Å². The Kier molecular flexibility index (Phi) is 6.55. The number of carbonyl (C=O) groups is 1. The number of piperidine rings is 1. The first-order valence-corrected chi connectivity index (χ1v) is 10.9. The van der Waals surface area contributed by atoms with Crippen LogP contribution >= 0.6 is 11.6 Å². The van der Waals surface area contributed by atoms with Crippen LogP contribution in [0.25, 0.3) is 5.69 Å². The minimum atomic E-state index is -0.301. The Hall–Kier alpha value is -3.19. The highest BCUT2D eigenvalue weighted by atomic mass is 35.5. The first-order chi connectivity index (χ1) is 15.4. The fraction of sp³-hybridized carbons (Fsp3) is 0.292. The molecular formula is C24H24ClFN4O2. The molecule has 1 aliphatic heterocycles. The second kappa shape index (κ2) is 9.53. The molecule has 0 bridgehead atoms. The van der Waals surface area contributed by atoms with Crippen molar-refractivity contribution in [1.82, 2.24) is 15.1 Å². The van der Waals surface area contributed by atoms with E-state index >= 15 is 0 Å². The van der Waals surface area contributed by atoms with Gasteiger partial charge >= 0.3 is 0 Å². The van der Waals surface area contributed by atoms with Crippen LogP contribution in [-0.2, 0) is 11.3 Å². The maximum absolute atomic E-state index is 13.1. The molecule has 2 heterocycles. The number of hydrogen-bond donors (Lipinski definition) is 1. The average Bonchev–Trinajstić information content (AvgIpc) is 2.81. The summed E-state index contributed by atoms with van der Waals surface area (Å²) in [5, 5.41) is 8.04. The van der Waals surface area contributed by atoms with Gasteiger partial charge in [-0.05, 0) is 61.2 Å². The largest absolute Gasteiger partial charge is 0.354 e. The highest BCUT2D eigenvalue weighted by Crippen LogP contribution is 2.23. The van der Waals surface area contributed by atoms with E-state index in [0.29, 0.717) is 29.6 Å². The third-order valence-corrected chi connectivity index (χ3v) is 6.09. The highest BCUT2D eigenvalue weighted by Gasteiger charge is 2.27. The predicted molar refractivity (Wildman–Crippen MR) is 123 cm³/mol. The normalized spacial score (nSPS) is 16.1. The van der Waals surface area contributed by atoms with Gasteiger partial charge in [-0.3, -0.25) is 9.59 Å². The fourth-order valence-corrected chi connectivity index (χ4v) is 3.98. The predicted octanol–water partition coefficient (Wildman–Crippen LogP) is 3.87. The van der Waals surface area contributed by atoms with E-state index in [1.54, 1.807) is 30.3 Å². The van der Waals surface area contributed by atoms with Gasteiger partial charge in [-0.25, -0.2) is 4.39 Å². The van der Waals surface area contributed by atoms with Crippen molar-refractivity contribution in [3.63, 3.8) is 0 Å². The van der Waals surface area contributed by atoms with Gasteiger partial charge in [0.1, 0.15) is 11.6 Å². The van der Waals surface area contributed by atoms with Gasteiger partial charge in [0.25, 0.3) is 5.56 Å². The minimum Gasteiger partial charge on any atom is -0.354 e. The van der Waals surface area contributed by atoms with Crippen molar-refractivity contribution in [1.29, 1.82) is 0 Å². The number of anilines is 1. The monoisotopic (exact) mass is 454 g/mol. The van der Waals surface area contributed by atoms with Crippen molar-refractivity contribution >= 4 is 23.3 Å². The molecule has 0 saturated carbocycles. The van der Waals surface area contributed by atoms with Crippen molar-refractivity contribution < 1.29 is 9.18 Å². The molecule has 4 rings (SSSR count). The van der Waals surface area contributed by atoms with Gasteiger partial charge in [0, 0.05) is 30.7 Å². The minimum absolute atomic E-state index is 0.0438. The van der Waals surface area contributed by atoms with Crippen LogP contribution in [0.15, 0.2) is 59.4 Å². The van der Waals surface area contributed by atoms with Crippen LogP contribution < -0.4 is 15.8 Å². The van der Waals surface area contributed by atoms with Gasteiger partial charge in [0.2, 0.25) is 5.91 Å². The van der Waals surface area contributed by atoms with E-state index in [-0.39, 0.29) is 23.2 Å². The number of nitrogens with one attached hydrogen (secondary N) is 1. The van der Waals surface area contributed by atoms with E-state index < -0.39 is 0 Å². The topological polar surface area (TPSA) is 67.2 Å². The van der Waals surface area contributed by atoms with Gasteiger partial charge in [0.15, 0.2) is 0 Å². The lowest BCUT2D eigenvalue weighted by Crippen LogP contribution is -2.43. The number of halogens is 2. The Balaban J connectivity index is 1.47. The summed E-state index contributed by atoms with van der Waals surface area (Å²) >= 11 is 6.22. The van der Waals surface area contributed by atoms with Gasteiger partial charge < -0.3 is 10.2 Å². The summed E-state index contributed by atoms with van der Waals surface area (Å²) in [6.45, 7) is 3.51. The molecule has 0 unspecified atom stereocenters. The van der Waals surface area contributed by atoms with E-state index in [2.05, 4.69) is 10.4 Å². The zero-order valence-corrected chi connectivity index (χ0v) is 18.5. The Bertz CT molecular complexity index is 1180. The molecule has 2 aromatic carbocycles. The number of rotatable bonds is 5. The van der Waals surface area contributed by atoms with Crippen molar-refractivity contribution in [3.8, 4) is 5.69 Å². The average molecular weight is 455 g/mol. The van der Waals surface area contributed by atoms with Crippen LogP contribution in [0.5, 0.6) is 0 Å². The first-order valence-electron chi connectivity index (χ1n) is 10.5. The zero-order valence-electron chi connectivity index (χ0n) is 17.7. The lowest BCUT2D eigenvalue weighted by molar-refractivity contribution is -0.125.